The van der Waals surface area contributed by atoms with Gasteiger partial charge >= 0.3 is 17.9 Å². The zero-order valence-electron chi connectivity index (χ0n) is 12.8. The first-order valence-electron chi connectivity index (χ1n) is 6.40. The number of likely N-dealkylation sites (N-methyl/N-ethyl adjacent to an activating group) is 1. The Kier molecular flexibility index (Phi) is 13.1. The lowest BCUT2D eigenvalue weighted by atomic mass is 10.1. The number of rotatable bonds is 4. The molecule has 0 bridgehead atoms. The standard InChI is InChI=1S/C5H10N2O3.C4H9NO2.C2H2O4/c8-7(9)10-5-1-3-6-4-2-5;1-5(2)3-4(6)7;3-1(4)2(5)6/h5-6H,1-4H2;3H2,1-2H3,(H,6,7);(H,3,4)(H,5,6). The quantitative estimate of drug-likeness (QED) is 0.272. The minimum absolute atomic E-state index is 0.111. The van der Waals surface area contributed by atoms with Crippen LogP contribution in [0.2, 0.25) is 0 Å². The maximum absolute atomic E-state index is 9.83. The van der Waals surface area contributed by atoms with Gasteiger partial charge in [-0.1, -0.05) is 0 Å². The van der Waals surface area contributed by atoms with E-state index in [1.165, 1.54) is 0 Å². The summed E-state index contributed by atoms with van der Waals surface area (Å²) in [5.41, 5.74) is 0. The van der Waals surface area contributed by atoms with Crippen molar-refractivity contribution in [2.24, 2.45) is 0 Å². The zero-order valence-corrected chi connectivity index (χ0v) is 12.8. The lowest BCUT2D eigenvalue weighted by molar-refractivity contribution is -0.769. The lowest BCUT2D eigenvalue weighted by Gasteiger charge is -2.19. The van der Waals surface area contributed by atoms with E-state index in [9.17, 15) is 14.9 Å². The summed E-state index contributed by atoms with van der Waals surface area (Å²) in [6, 6.07) is 0. The largest absolute Gasteiger partial charge is 0.480 e. The topological polar surface area (TPSA) is 180 Å². The van der Waals surface area contributed by atoms with Crippen LogP contribution in [0.1, 0.15) is 12.8 Å². The van der Waals surface area contributed by atoms with Gasteiger partial charge in [0.2, 0.25) is 0 Å². The van der Waals surface area contributed by atoms with Crippen molar-refractivity contribution in [3.05, 3.63) is 10.1 Å². The fourth-order valence-corrected chi connectivity index (χ4v) is 1.29. The highest BCUT2D eigenvalue weighted by molar-refractivity contribution is 6.27. The monoisotopic (exact) mass is 339 g/mol. The Hall–Kier alpha value is -2.47. The van der Waals surface area contributed by atoms with E-state index in [2.05, 4.69) is 10.2 Å². The van der Waals surface area contributed by atoms with Crippen LogP contribution in [0.15, 0.2) is 0 Å². The fourth-order valence-electron chi connectivity index (χ4n) is 1.29. The summed E-state index contributed by atoms with van der Waals surface area (Å²) in [4.78, 5) is 43.8. The molecule has 12 nitrogen and oxygen atoms in total. The maximum atomic E-state index is 9.83. The van der Waals surface area contributed by atoms with Crippen LogP contribution in [0.5, 0.6) is 0 Å². The van der Waals surface area contributed by atoms with E-state index in [1.54, 1.807) is 19.0 Å². The second kappa shape index (κ2) is 13.2. The normalized spacial score (nSPS) is 13.7. The van der Waals surface area contributed by atoms with Crippen LogP contribution < -0.4 is 5.32 Å². The minimum atomic E-state index is -1.82. The predicted octanol–water partition coefficient (Wildman–Crippen LogP) is -1.27. The van der Waals surface area contributed by atoms with Crippen LogP contribution in [-0.2, 0) is 19.2 Å². The summed E-state index contributed by atoms with van der Waals surface area (Å²) < 4.78 is 0. The highest BCUT2D eigenvalue weighted by Crippen LogP contribution is 2.06. The first-order chi connectivity index (χ1) is 10.6. The van der Waals surface area contributed by atoms with E-state index in [0.717, 1.165) is 25.9 Å². The van der Waals surface area contributed by atoms with Gasteiger partial charge in [-0.3, -0.25) is 9.69 Å². The van der Waals surface area contributed by atoms with Crippen molar-refractivity contribution >= 4 is 17.9 Å². The molecule has 1 heterocycles. The number of carboxylic acid groups (broad SMARTS) is 3. The third kappa shape index (κ3) is 19.5. The Balaban J connectivity index is 0. The van der Waals surface area contributed by atoms with E-state index in [4.69, 9.17) is 24.9 Å². The van der Waals surface area contributed by atoms with Crippen LogP contribution in [0.25, 0.3) is 0 Å². The molecule has 0 radical (unpaired) electrons. The molecule has 0 aromatic heterocycles. The van der Waals surface area contributed by atoms with Gasteiger partial charge in [-0.2, -0.15) is 0 Å². The van der Waals surface area contributed by atoms with Crippen molar-refractivity contribution < 1.29 is 39.6 Å². The summed E-state index contributed by atoms with van der Waals surface area (Å²) in [6.07, 6.45) is 1.29. The molecule has 23 heavy (non-hydrogen) atoms. The highest BCUT2D eigenvalue weighted by Gasteiger charge is 2.15. The van der Waals surface area contributed by atoms with Gasteiger partial charge in [-0.15, -0.1) is 10.1 Å². The molecule has 0 atom stereocenters. The van der Waals surface area contributed by atoms with Crippen molar-refractivity contribution in [2.75, 3.05) is 33.7 Å². The minimum Gasteiger partial charge on any atom is -0.480 e. The number of nitrogens with zero attached hydrogens (tertiary/aromatic N) is 2. The molecule has 1 rings (SSSR count). The Morgan fingerprint density at radius 2 is 1.61 bits per heavy atom. The van der Waals surface area contributed by atoms with Gasteiger partial charge in [0.15, 0.2) is 0 Å². The van der Waals surface area contributed by atoms with Crippen LogP contribution in [0.4, 0.5) is 0 Å². The fraction of sp³-hybridized carbons (Fsp3) is 0.727. The smallest absolute Gasteiger partial charge is 0.414 e. The van der Waals surface area contributed by atoms with Crippen molar-refractivity contribution in [2.45, 2.75) is 18.9 Å². The molecule has 1 saturated heterocycles. The lowest BCUT2D eigenvalue weighted by Crippen LogP contribution is -2.33. The van der Waals surface area contributed by atoms with Gasteiger partial charge in [0.1, 0.15) is 6.10 Å². The molecule has 12 heteroatoms. The van der Waals surface area contributed by atoms with E-state index >= 15 is 0 Å². The van der Waals surface area contributed by atoms with Crippen molar-refractivity contribution in [3.8, 4) is 0 Å². The van der Waals surface area contributed by atoms with E-state index in [1.807, 2.05) is 0 Å². The average Bonchev–Trinajstić information content (AvgIpc) is 2.38. The first-order valence-corrected chi connectivity index (χ1v) is 6.40. The number of piperidine rings is 1. The van der Waals surface area contributed by atoms with Crippen molar-refractivity contribution in [1.29, 1.82) is 0 Å². The molecule has 0 spiro atoms. The van der Waals surface area contributed by atoms with Crippen LogP contribution >= 0.6 is 0 Å². The van der Waals surface area contributed by atoms with Crippen LogP contribution in [0, 0.1) is 10.1 Å². The summed E-state index contributed by atoms with van der Waals surface area (Å²) >= 11 is 0. The molecule has 1 aliphatic heterocycles. The van der Waals surface area contributed by atoms with Gasteiger partial charge in [0, 0.05) is 0 Å². The first kappa shape index (κ1) is 22.8. The van der Waals surface area contributed by atoms with Crippen molar-refractivity contribution in [3.63, 3.8) is 0 Å². The molecule has 0 amide bonds. The summed E-state index contributed by atoms with van der Waals surface area (Å²) in [7, 11) is 3.43. The Morgan fingerprint density at radius 1 is 1.17 bits per heavy atom. The number of aliphatic carboxylic acids is 3. The van der Waals surface area contributed by atoms with Gasteiger partial charge in [0.25, 0.3) is 5.09 Å². The molecule has 1 aliphatic rings. The average molecular weight is 339 g/mol. The molecule has 134 valence electrons. The molecule has 0 aromatic carbocycles. The number of nitrogens with one attached hydrogen (secondary N) is 1. The molecule has 0 unspecified atom stereocenters. The number of hydrogen-bond donors (Lipinski definition) is 4. The maximum Gasteiger partial charge on any atom is 0.414 e. The molecule has 0 saturated carbocycles. The van der Waals surface area contributed by atoms with Gasteiger partial charge in [0.05, 0.1) is 6.54 Å². The summed E-state index contributed by atoms with van der Waals surface area (Å²) in [5, 5.41) is 35.0. The summed E-state index contributed by atoms with van der Waals surface area (Å²) in [5.74, 6) is -4.44. The van der Waals surface area contributed by atoms with E-state index in [-0.39, 0.29) is 12.6 Å². The summed E-state index contributed by atoms with van der Waals surface area (Å²) in [6.45, 7) is 1.75. The Morgan fingerprint density at radius 3 is 1.83 bits per heavy atom. The second-order valence-electron chi connectivity index (χ2n) is 4.52. The van der Waals surface area contributed by atoms with E-state index < -0.39 is 23.0 Å². The molecule has 0 aliphatic carbocycles. The van der Waals surface area contributed by atoms with Gasteiger partial charge in [-0.25, -0.2) is 9.59 Å². The third-order valence-corrected chi connectivity index (χ3v) is 2.16. The number of carboxylic acids is 3. The van der Waals surface area contributed by atoms with Crippen LogP contribution in [-0.4, -0.2) is 83.0 Å². The van der Waals surface area contributed by atoms with Crippen LogP contribution in [0.3, 0.4) is 0 Å². The zero-order chi connectivity index (χ0) is 18.4. The number of hydrogen-bond acceptors (Lipinski definition) is 8. The third-order valence-electron chi connectivity index (χ3n) is 2.16. The van der Waals surface area contributed by atoms with E-state index in [0.29, 0.717) is 0 Å². The van der Waals surface area contributed by atoms with Crippen molar-refractivity contribution in [1.82, 2.24) is 10.2 Å². The highest BCUT2D eigenvalue weighted by atomic mass is 17.0. The Labute approximate surface area is 131 Å². The Bertz CT molecular complexity index is 382. The second-order valence-corrected chi connectivity index (χ2v) is 4.52. The predicted molar refractivity (Wildman–Crippen MR) is 75.4 cm³/mol. The van der Waals surface area contributed by atoms with Gasteiger partial charge in [-0.05, 0) is 40.0 Å². The number of carbonyl (C=O) groups is 3. The molecular formula is C11H21N3O9. The molecule has 1 fully saturated rings. The van der Waals surface area contributed by atoms with Gasteiger partial charge < -0.3 is 25.5 Å². The molecular weight excluding hydrogens is 318 g/mol. The molecule has 0 aromatic rings. The SMILES string of the molecule is CN(C)CC(=O)O.O=C(O)C(=O)O.O=[N+]([O-])OC1CCNCC1. The molecule has 4 N–H and O–H groups in total.